The molecule has 0 spiro atoms. The minimum Gasteiger partial charge on any atom is -0.312 e. The number of hydrogen-bond donors (Lipinski definition) is 1. The van der Waals surface area contributed by atoms with Crippen molar-refractivity contribution >= 4 is 0 Å². The third-order valence-corrected chi connectivity index (χ3v) is 4.75. The predicted octanol–water partition coefficient (Wildman–Crippen LogP) is 2.28. The van der Waals surface area contributed by atoms with E-state index < -0.39 is 0 Å². The van der Waals surface area contributed by atoms with Gasteiger partial charge in [-0.05, 0) is 38.9 Å². The van der Waals surface area contributed by atoms with Crippen molar-refractivity contribution < 1.29 is 0 Å². The van der Waals surface area contributed by atoms with Gasteiger partial charge in [0.05, 0.1) is 0 Å². The normalized spacial score (nSPS) is 27.9. The van der Waals surface area contributed by atoms with Crippen LogP contribution in [0.15, 0.2) is 0 Å². The van der Waals surface area contributed by atoms with Crippen LogP contribution < -0.4 is 5.32 Å². The van der Waals surface area contributed by atoms with Crippen molar-refractivity contribution in [3.05, 3.63) is 0 Å². The van der Waals surface area contributed by atoms with E-state index in [1.165, 1.54) is 32.5 Å². The average molecular weight is 269 g/mol. The molecule has 0 aromatic rings. The van der Waals surface area contributed by atoms with Gasteiger partial charge in [-0.15, -0.1) is 0 Å². The molecule has 1 aliphatic rings. The van der Waals surface area contributed by atoms with Crippen molar-refractivity contribution in [2.75, 3.05) is 40.3 Å². The number of nitrogens with zero attached hydrogens (tertiary/aromatic N) is 2. The quantitative estimate of drug-likeness (QED) is 0.729. The zero-order valence-electron chi connectivity index (χ0n) is 13.9. The van der Waals surface area contributed by atoms with E-state index >= 15 is 0 Å². The van der Waals surface area contributed by atoms with Gasteiger partial charge in [-0.25, -0.2) is 0 Å². The van der Waals surface area contributed by atoms with Crippen LogP contribution in [0.25, 0.3) is 0 Å². The van der Waals surface area contributed by atoms with E-state index in [-0.39, 0.29) is 0 Å². The van der Waals surface area contributed by atoms with Gasteiger partial charge >= 0.3 is 0 Å². The van der Waals surface area contributed by atoms with Crippen molar-refractivity contribution in [1.82, 2.24) is 15.1 Å². The van der Waals surface area contributed by atoms with Crippen LogP contribution in [0.4, 0.5) is 0 Å². The maximum absolute atomic E-state index is 3.75. The summed E-state index contributed by atoms with van der Waals surface area (Å²) in [6, 6.07) is 1.38. The fourth-order valence-corrected chi connectivity index (χ4v) is 3.21. The molecule has 1 saturated heterocycles. The average Bonchev–Trinajstić information content (AvgIpc) is 2.74. The monoisotopic (exact) mass is 269 g/mol. The van der Waals surface area contributed by atoms with Crippen LogP contribution in [-0.4, -0.2) is 62.2 Å². The van der Waals surface area contributed by atoms with E-state index in [2.05, 4.69) is 56.9 Å². The summed E-state index contributed by atoms with van der Waals surface area (Å²) < 4.78 is 0. The molecule has 0 radical (unpaired) electrons. The lowest BCUT2D eigenvalue weighted by atomic mass is 9.98. The Balaban J connectivity index is 2.50. The summed E-state index contributed by atoms with van der Waals surface area (Å²) in [4.78, 5) is 5.05. The fraction of sp³-hybridized carbons (Fsp3) is 1.00. The maximum atomic E-state index is 3.75. The van der Waals surface area contributed by atoms with Gasteiger partial charge in [0.1, 0.15) is 0 Å². The van der Waals surface area contributed by atoms with Crippen LogP contribution >= 0.6 is 0 Å². The summed E-state index contributed by atoms with van der Waals surface area (Å²) in [5, 5.41) is 3.75. The Kier molecular flexibility index (Phi) is 7.33. The van der Waals surface area contributed by atoms with Gasteiger partial charge in [0.25, 0.3) is 0 Å². The van der Waals surface area contributed by atoms with Gasteiger partial charge in [0, 0.05) is 31.7 Å². The lowest BCUT2D eigenvalue weighted by Crippen LogP contribution is -2.45. The van der Waals surface area contributed by atoms with Crippen LogP contribution in [0.3, 0.4) is 0 Å². The summed E-state index contributed by atoms with van der Waals surface area (Å²) in [5.41, 5.74) is 0. The van der Waals surface area contributed by atoms with Crippen molar-refractivity contribution in [2.45, 2.75) is 52.6 Å². The van der Waals surface area contributed by atoms with Gasteiger partial charge < -0.3 is 10.2 Å². The summed E-state index contributed by atoms with van der Waals surface area (Å²) in [6.07, 6.45) is 2.49. The lowest BCUT2D eigenvalue weighted by molar-refractivity contribution is 0.222. The molecule has 0 amide bonds. The molecule has 4 unspecified atom stereocenters. The molecule has 1 rings (SSSR count). The summed E-state index contributed by atoms with van der Waals surface area (Å²) in [6.45, 7) is 14.2. The first-order valence-electron chi connectivity index (χ1n) is 8.11. The van der Waals surface area contributed by atoms with E-state index in [1.54, 1.807) is 0 Å². The van der Waals surface area contributed by atoms with Gasteiger partial charge in [-0.2, -0.15) is 0 Å². The molecular weight excluding hydrogens is 234 g/mol. The highest BCUT2D eigenvalue weighted by atomic mass is 15.2. The zero-order chi connectivity index (χ0) is 14.4. The topological polar surface area (TPSA) is 18.5 Å². The van der Waals surface area contributed by atoms with Crippen molar-refractivity contribution in [3.63, 3.8) is 0 Å². The molecule has 4 atom stereocenters. The minimum atomic E-state index is 0.651. The van der Waals surface area contributed by atoms with Crippen LogP contribution in [0.1, 0.15) is 40.5 Å². The Hall–Kier alpha value is -0.120. The largest absolute Gasteiger partial charge is 0.312 e. The van der Waals surface area contributed by atoms with Crippen molar-refractivity contribution in [1.29, 1.82) is 0 Å². The molecular formula is C16H35N3. The molecule has 1 N–H and O–H groups in total. The van der Waals surface area contributed by atoms with Crippen molar-refractivity contribution in [3.8, 4) is 0 Å². The number of likely N-dealkylation sites (tertiary alicyclic amines) is 1. The Morgan fingerprint density at radius 2 is 1.95 bits per heavy atom. The number of nitrogens with one attached hydrogen (secondary N) is 1. The van der Waals surface area contributed by atoms with Crippen LogP contribution in [0, 0.1) is 11.8 Å². The Morgan fingerprint density at radius 3 is 2.42 bits per heavy atom. The number of hydrogen-bond acceptors (Lipinski definition) is 3. The first-order valence-corrected chi connectivity index (χ1v) is 8.11. The second-order valence-corrected chi connectivity index (χ2v) is 6.67. The third kappa shape index (κ3) is 5.05. The summed E-state index contributed by atoms with van der Waals surface area (Å²) >= 11 is 0. The van der Waals surface area contributed by atoms with E-state index in [1.807, 2.05) is 0 Å². The standard InChI is InChI=1S/C16H35N3/c1-7-9-17-15(13(3)8-2)11-19-10-14(4)16(12-19)18(5)6/h13-17H,7-12H2,1-6H3. The SMILES string of the molecule is CCCNC(CN1CC(C)C(N(C)C)C1)C(C)CC. The first kappa shape index (κ1) is 16.9. The fourth-order valence-electron chi connectivity index (χ4n) is 3.21. The molecule has 3 nitrogen and oxygen atoms in total. The van der Waals surface area contributed by atoms with Gasteiger partial charge in [0.2, 0.25) is 0 Å². The van der Waals surface area contributed by atoms with Gasteiger partial charge in [-0.1, -0.05) is 34.1 Å². The molecule has 0 bridgehead atoms. The molecule has 19 heavy (non-hydrogen) atoms. The second kappa shape index (κ2) is 8.23. The van der Waals surface area contributed by atoms with Crippen LogP contribution in [-0.2, 0) is 0 Å². The predicted molar refractivity (Wildman–Crippen MR) is 84.6 cm³/mol. The van der Waals surface area contributed by atoms with Gasteiger partial charge in [0.15, 0.2) is 0 Å². The summed E-state index contributed by atoms with van der Waals surface area (Å²) in [7, 11) is 4.43. The smallest absolute Gasteiger partial charge is 0.0254 e. The third-order valence-electron chi connectivity index (χ3n) is 4.75. The van der Waals surface area contributed by atoms with Crippen LogP contribution in [0.2, 0.25) is 0 Å². The molecule has 114 valence electrons. The maximum Gasteiger partial charge on any atom is 0.0254 e. The first-order chi connectivity index (χ1) is 8.99. The Labute approximate surface area is 120 Å². The summed E-state index contributed by atoms with van der Waals surface area (Å²) in [5.74, 6) is 1.55. The Morgan fingerprint density at radius 1 is 1.26 bits per heavy atom. The molecule has 1 fully saturated rings. The van der Waals surface area contributed by atoms with E-state index in [0.717, 1.165) is 24.4 Å². The molecule has 0 aromatic carbocycles. The van der Waals surface area contributed by atoms with E-state index in [4.69, 9.17) is 0 Å². The second-order valence-electron chi connectivity index (χ2n) is 6.67. The van der Waals surface area contributed by atoms with Crippen LogP contribution in [0.5, 0.6) is 0 Å². The molecule has 1 aliphatic heterocycles. The highest BCUT2D eigenvalue weighted by Crippen LogP contribution is 2.21. The Bertz CT molecular complexity index is 242. The molecule has 1 heterocycles. The highest BCUT2D eigenvalue weighted by Gasteiger charge is 2.32. The molecule has 0 saturated carbocycles. The molecule has 0 aliphatic carbocycles. The molecule has 3 heteroatoms. The van der Waals surface area contributed by atoms with Crippen molar-refractivity contribution in [2.24, 2.45) is 11.8 Å². The number of rotatable bonds is 8. The van der Waals surface area contributed by atoms with E-state index in [0.29, 0.717) is 6.04 Å². The minimum absolute atomic E-state index is 0.651. The number of likely N-dealkylation sites (N-methyl/N-ethyl adjacent to an activating group) is 1. The lowest BCUT2D eigenvalue weighted by Gasteiger charge is -2.29. The zero-order valence-corrected chi connectivity index (χ0v) is 13.9. The van der Waals surface area contributed by atoms with Gasteiger partial charge in [-0.3, -0.25) is 4.90 Å². The highest BCUT2D eigenvalue weighted by molar-refractivity contribution is 4.89. The molecule has 0 aromatic heterocycles. The van der Waals surface area contributed by atoms with E-state index in [9.17, 15) is 0 Å².